The quantitative estimate of drug-likeness (QED) is 0.777. The Bertz CT molecular complexity index is 416. The molecule has 20 heavy (non-hydrogen) atoms. The summed E-state index contributed by atoms with van der Waals surface area (Å²) in [5.41, 5.74) is 0. The van der Waals surface area contributed by atoms with Gasteiger partial charge >= 0.3 is 0 Å². The van der Waals surface area contributed by atoms with E-state index in [2.05, 4.69) is 10.2 Å². The Morgan fingerprint density at radius 3 is 2.25 bits per heavy atom. The van der Waals surface area contributed by atoms with Crippen LogP contribution in [0.25, 0.3) is 0 Å². The number of rotatable bonds is 3. The van der Waals surface area contributed by atoms with Crippen molar-refractivity contribution in [1.29, 1.82) is 0 Å². The van der Waals surface area contributed by atoms with Crippen molar-refractivity contribution in [3.8, 4) is 0 Å². The second-order valence-electron chi connectivity index (χ2n) is 6.05. The van der Waals surface area contributed by atoms with Gasteiger partial charge in [-0.2, -0.15) is 17.0 Å². The van der Waals surface area contributed by atoms with Crippen LogP contribution in [0.15, 0.2) is 0 Å². The van der Waals surface area contributed by atoms with Crippen LogP contribution in [0.1, 0.15) is 25.7 Å². The Balaban J connectivity index is 1.60. The maximum absolute atomic E-state index is 12.6. The molecule has 1 unspecified atom stereocenters. The van der Waals surface area contributed by atoms with Crippen LogP contribution >= 0.6 is 0 Å². The first-order valence-electron chi connectivity index (χ1n) is 7.88. The molecule has 1 N–H and O–H groups in total. The van der Waals surface area contributed by atoms with Gasteiger partial charge in [0.05, 0.1) is 0 Å². The van der Waals surface area contributed by atoms with Gasteiger partial charge < -0.3 is 5.32 Å². The summed E-state index contributed by atoms with van der Waals surface area (Å²) < 4.78 is 28.7. The fourth-order valence-electron chi connectivity index (χ4n) is 3.52. The molecular weight excluding hydrogens is 276 g/mol. The van der Waals surface area contributed by atoms with Crippen LogP contribution in [0.5, 0.6) is 0 Å². The molecule has 3 saturated heterocycles. The van der Waals surface area contributed by atoms with E-state index in [1.54, 1.807) is 8.61 Å². The third kappa shape index (κ3) is 3.01. The third-order valence-electron chi connectivity index (χ3n) is 4.76. The van der Waals surface area contributed by atoms with E-state index in [9.17, 15) is 8.42 Å². The van der Waals surface area contributed by atoms with Gasteiger partial charge in [-0.25, -0.2) is 0 Å². The summed E-state index contributed by atoms with van der Waals surface area (Å²) in [4.78, 5) is 2.45. The third-order valence-corrected chi connectivity index (χ3v) is 6.76. The van der Waals surface area contributed by atoms with E-state index in [0.717, 1.165) is 51.9 Å². The topological polar surface area (TPSA) is 55.9 Å². The van der Waals surface area contributed by atoms with E-state index in [1.807, 2.05) is 0 Å². The molecule has 116 valence electrons. The molecule has 0 spiro atoms. The zero-order valence-corrected chi connectivity index (χ0v) is 12.9. The molecule has 0 radical (unpaired) electrons. The van der Waals surface area contributed by atoms with Crippen LogP contribution in [-0.2, 0) is 10.2 Å². The number of piperazine rings is 1. The van der Waals surface area contributed by atoms with Crippen LogP contribution in [0.2, 0.25) is 0 Å². The van der Waals surface area contributed by atoms with Gasteiger partial charge in [-0.05, 0) is 19.3 Å². The van der Waals surface area contributed by atoms with Crippen molar-refractivity contribution in [1.82, 2.24) is 18.8 Å². The van der Waals surface area contributed by atoms with Crippen LogP contribution in [-0.4, -0.2) is 80.3 Å². The number of hydrogen-bond acceptors (Lipinski definition) is 4. The maximum atomic E-state index is 12.6. The molecule has 1 atom stereocenters. The summed E-state index contributed by atoms with van der Waals surface area (Å²) in [6, 6.07) is 0.414. The lowest BCUT2D eigenvalue weighted by Crippen LogP contribution is -2.50. The Morgan fingerprint density at radius 2 is 1.55 bits per heavy atom. The Morgan fingerprint density at radius 1 is 0.850 bits per heavy atom. The van der Waals surface area contributed by atoms with Crippen molar-refractivity contribution < 1.29 is 8.42 Å². The van der Waals surface area contributed by atoms with E-state index in [-0.39, 0.29) is 0 Å². The number of hydrogen-bond donors (Lipinski definition) is 1. The predicted octanol–water partition coefficient (Wildman–Crippen LogP) is -0.303. The largest absolute Gasteiger partial charge is 0.314 e. The standard InChI is InChI=1S/C13H26N4O2S/c18-20(19,16-7-2-1-3-8-16)17-9-4-13(12-17)15-10-5-14-6-11-15/h13-14H,1-12H2. The molecule has 3 heterocycles. The SMILES string of the molecule is O=S(=O)(N1CCCCC1)N1CCC(N2CCNCC2)C1. The summed E-state index contributed by atoms with van der Waals surface area (Å²) in [6.07, 6.45) is 4.16. The summed E-state index contributed by atoms with van der Waals surface area (Å²) in [7, 11) is -3.21. The molecule has 3 aliphatic rings. The molecule has 0 aromatic carbocycles. The number of nitrogens with zero attached hydrogens (tertiary/aromatic N) is 3. The zero-order chi connectivity index (χ0) is 14.0. The lowest BCUT2D eigenvalue weighted by Gasteiger charge is -2.33. The lowest BCUT2D eigenvalue weighted by molar-refractivity contribution is 0.178. The van der Waals surface area contributed by atoms with Gasteiger partial charge in [0.1, 0.15) is 0 Å². The minimum atomic E-state index is -3.21. The summed E-state index contributed by atoms with van der Waals surface area (Å²) in [6.45, 7) is 6.91. The summed E-state index contributed by atoms with van der Waals surface area (Å²) in [5.74, 6) is 0. The van der Waals surface area contributed by atoms with Crippen molar-refractivity contribution in [3.63, 3.8) is 0 Å². The molecule has 0 amide bonds. The molecule has 6 nitrogen and oxygen atoms in total. The fourth-order valence-corrected chi connectivity index (χ4v) is 5.27. The highest BCUT2D eigenvalue weighted by Crippen LogP contribution is 2.23. The van der Waals surface area contributed by atoms with E-state index in [0.29, 0.717) is 32.2 Å². The van der Waals surface area contributed by atoms with Crippen LogP contribution in [0.4, 0.5) is 0 Å². The lowest BCUT2D eigenvalue weighted by atomic mass is 10.2. The van der Waals surface area contributed by atoms with Gasteiger partial charge in [0, 0.05) is 58.4 Å². The van der Waals surface area contributed by atoms with E-state index >= 15 is 0 Å². The average Bonchev–Trinajstić information content (AvgIpc) is 3.00. The van der Waals surface area contributed by atoms with Crippen molar-refractivity contribution in [2.45, 2.75) is 31.7 Å². The predicted molar refractivity (Wildman–Crippen MR) is 78.8 cm³/mol. The van der Waals surface area contributed by atoms with E-state index < -0.39 is 10.2 Å². The van der Waals surface area contributed by atoms with Gasteiger partial charge in [-0.3, -0.25) is 4.90 Å². The van der Waals surface area contributed by atoms with Crippen molar-refractivity contribution >= 4 is 10.2 Å². The number of piperidine rings is 1. The van der Waals surface area contributed by atoms with Crippen molar-refractivity contribution in [2.75, 3.05) is 52.4 Å². The van der Waals surface area contributed by atoms with E-state index in [1.165, 1.54) is 0 Å². The maximum Gasteiger partial charge on any atom is 0.282 e. The molecule has 7 heteroatoms. The van der Waals surface area contributed by atoms with Crippen LogP contribution < -0.4 is 5.32 Å². The molecule has 0 aromatic rings. The second-order valence-corrected chi connectivity index (χ2v) is 7.98. The summed E-state index contributed by atoms with van der Waals surface area (Å²) in [5, 5.41) is 3.35. The highest BCUT2D eigenvalue weighted by atomic mass is 32.2. The van der Waals surface area contributed by atoms with Crippen molar-refractivity contribution in [2.24, 2.45) is 0 Å². The molecule has 3 rings (SSSR count). The highest BCUT2D eigenvalue weighted by molar-refractivity contribution is 7.86. The van der Waals surface area contributed by atoms with Crippen LogP contribution in [0, 0.1) is 0 Å². The first-order valence-corrected chi connectivity index (χ1v) is 9.27. The zero-order valence-electron chi connectivity index (χ0n) is 12.1. The molecule has 0 aliphatic carbocycles. The Labute approximate surface area is 122 Å². The Kier molecular flexibility index (Phi) is 4.62. The second kappa shape index (κ2) is 6.27. The molecule has 0 bridgehead atoms. The minimum Gasteiger partial charge on any atom is -0.314 e. The average molecular weight is 302 g/mol. The van der Waals surface area contributed by atoms with Crippen LogP contribution in [0.3, 0.4) is 0 Å². The molecular formula is C13H26N4O2S. The molecule has 3 aliphatic heterocycles. The Hall–Kier alpha value is -0.210. The van der Waals surface area contributed by atoms with E-state index in [4.69, 9.17) is 0 Å². The van der Waals surface area contributed by atoms with Crippen molar-refractivity contribution in [3.05, 3.63) is 0 Å². The normalized spacial score (nSPS) is 31.7. The molecule has 3 fully saturated rings. The fraction of sp³-hybridized carbons (Fsp3) is 1.00. The highest BCUT2D eigenvalue weighted by Gasteiger charge is 2.37. The molecule has 0 aromatic heterocycles. The van der Waals surface area contributed by atoms with Gasteiger partial charge in [0.25, 0.3) is 10.2 Å². The monoisotopic (exact) mass is 302 g/mol. The summed E-state index contributed by atoms with van der Waals surface area (Å²) >= 11 is 0. The first kappa shape index (κ1) is 14.7. The minimum absolute atomic E-state index is 0.414. The molecule has 0 saturated carbocycles. The van der Waals surface area contributed by atoms with Gasteiger partial charge in [-0.15, -0.1) is 0 Å². The van der Waals surface area contributed by atoms with Gasteiger partial charge in [0.15, 0.2) is 0 Å². The number of nitrogens with one attached hydrogen (secondary N) is 1. The van der Waals surface area contributed by atoms with Gasteiger partial charge in [0.2, 0.25) is 0 Å². The van der Waals surface area contributed by atoms with Gasteiger partial charge in [-0.1, -0.05) is 6.42 Å². The first-order chi connectivity index (χ1) is 9.68. The smallest absolute Gasteiger partial charge is 0.282 e.